The second kappa shape index (κ2) is 9.67. The van der Waals surface area contributed by atoms with Crippen molar-refractivity contribution in [3.8, 4) is 0 Å². The Labute approximate surface area is 192 Å². The Morgan fingerprint density at radius 1 is 1.15 bits per heavy atom. The van der Waals surface area contributed by atoms with E-state index in [-0.39, 0.29) is 12.1 Å². The third-order valence-corrected chi connectivity index (χ3v) is 6.05. The topological polar surface area (TPSA) is 71.5 Å². The Hall–Kier alpha value is -3.32. The van der Waals surface area contributed by atoms with Crippen LogP contribution in [0.2, 0.25) is 0 Å². The van der Waals surface area contributed by atoms with Gasteiger partial charge in [0.05, 0.1) is 16.8 Å². The molecular weight excluding hydrogens is 421 g/mol. The molecule has 0 fully saturated rings. The number of fused-ring (bicyclic) bond motifs is 2. The first-order chi connectivity index (χ1) is 15.9. The Morgan fingerprint density at radius 3 is 2.61 bits per heavy atom. The van der Waals surface area contributed by atoms with Crippen molar-refractivity contribution in [1.82, 2.24) is 9.88 Å². The summed E-state index contributed by atoms with van der Waals surface area (Å²) >= 11 is 0. The second-order valence-electron chi connectivity index (χ2n) is 8.51. The van der Waals surface area contributed by atoms with E-state index in [0.29, 0.717) is 23.5 Å². The number of halogens is 1. The van der Waals surface area contributed by atoms with E-state index >= 15 is 0 Å². The van der Waals surface area contributed by atoms with E-state index in [0.717, 1.165) is 29.7 Å². The first kappa shape index (κ1) is 22.9. The maximum Gasteiger partial charge on any atom is 0.340 e. The minimum absolute atomic E-state index is 0.0521. The smallest absolute Gasteiger partial charge is 0.340 e. The van der Waals surface area contributed by atoms with E-state index in [9.17, 15) is 14.0 Å². The number of carbonyl (C=O) groups excluding carboxylic acids is 2. The molecule has 1 atom stereocenters. The highest BCUT2D eigenvalue weighted by Crippen LogP contribution is 2.30. The fraction of sp³-hybridized carbons (Fsp3) is 0.346. The molecule has 1 amide bonds. The lowest BCUT2D eigenvalue weighted by molar-refractivity contribution is -0.124. The zero-order valence-corrected chi connectivity index (χ0v) is 19.1. The maximum atomic E-state index is 14.0. The number of ether oxygens (including phenoxy) is 1. The number of para-hydroxylation sites is 2. The van der Waals surface area contributed by atoms with Crippen LogP contribution in [0.4, 0.5) is 10.1 Å². The fourth-order valence-electron chi connectivity index (χ4n) is 4.17. The molecule has 3 aromatic rings. The van der Waals surface area contributed by atoms with Crippen LogP contribution in [0.1, 0.15) is 48.8 Å². The number of pyridine rings is 1. The Morgan fingerprint density at radius 2 is 1.88 bits per heavy atom. The Kier molecular flexibility index (Phi) is 6.70. The summed E-state index contributed by atoms with van der Waals surface area (Å²) in [5, 5.41) is 3.23. The first-order valence-electron chi connectivity index (χ1n) is 11.3. The number of rotatable bonds is 6. The van der Waals surface area contributed by atoms with Crippen LogP contribution in [0.3, 0.4) is 0 Å². The van der Waals surface area contributed by atoms with Gasteiger partial charge in [-0.3, -0.25) is 14.7 Å². The number of anilines is 1. The van der Waals surface area contributed by atoms with Gasteiger partial charge in [-0.15, -0.1) is 0 Å². The van der Waals surface area contributed by atoms with Crippen molar-refractivity contribution >= 4 is 28.5 Å². The van der Waals surface area contributed by atoms with E-state index in [1.807, 2.05) is 24.3 Å². The highest BCUT2D eigenvalue weighted by atomic mass is 19.1. The number of nitrogens with zero attached hydrogens (tertiary/aromatic N) is 2. The molecule has 1 aliphatic rings. The van der Waals surface area contributed by atoms with Crippen LogP contribution in [0, 0.1) is 5.82 Å². The molecule has 33 heavy (non-hydrogen) atoms. The van der Waals surface area contributed by atoms with E-state index < -0.39 is 23.8 Å². The van der Waals surface area contributed by atoms with Gasteiger partial charge < -0.3 is 10.1 Å². The van der Waals surface area contributed by atoms with Crippen molar-refractivity contribution in [3.05, 3.63) is 71.2 Å². The van der Waals surface area contributed by atoms with Crippen molar-refractivity contribution < 1.29 is 18.7 Å². The molecule has 4 rings (SSSR count). The Balaban J connectivity index is 1.66. The van der Waals surface area contributed by atoms with E-state index in [1.54, 1.807) is 19.1 Å². The van der Waals surface area contributed by atoms with Crippen LogP contribution >= 0.6 is 0 Å². The van der Waals surface area contributed by atoms with Gasteiger partial charge in [0.2, 0.25) is 0 Å². The van der Waals surface area contributed by atoms with Crippen molar-refractivity contribution in [2.45, 2.75) is 52.3 Å². The third-order valence-electron chi connectivity index (χ3n) is 6.05. The standard InChI is InChI=1S/C26H28FN3O3/c1-4-23(25(31)29-22-12-8-6-10-19(22)27)33-26(32)24-17-9-5-7-11-20(17)28-21-13-14-30(16(2)3)15-18(21)24/h5-12,16,23H,4,13-15H2,1-3H3,(H,29,31). The van der Waals surface area contributed by atoms with Gasteiger partial charge in [0, 0.05) is 42.2 Å². The number of carbonyl (C=O) groups is 2. The highest BCUT2D eigenvalue weighted by Gasteiger charge is 2.30. The van der Waals surface area contributed by atoms with Gasteiger partial charge in [0.25, 0.3) is 5.91 Å². The first-order valence-corrected chi connectivity index (χ1v) is 11.3. The van der Waals surface area contributed by atoms with Gasteiger partial charge in [-0.25, -0.2) is 9.18 Å². The molecule has 6 nitrogen and oxygen atoms in total. The monoisotopic (exact) mass is 449 g/mol. The zero-order valence-electron chi connectivity index (χ0n) is 19.1. The van der Waals surface area contributed by atoms with Crippen LogP contribution in [0.25, 0.3) is 10.9 Å². The summed E-state index contributed by atoms with van der Waals surface area (Å²) in [7, 11) is 0. The quantitative estimate of drug-likeness (QED) is 0.552. The minimum atomic E-state index is -1.05. The predicted octanol–water partition coefficient (Wildman–Crippen LogP) is 4.71. The lowest BCUT2D eigenvalue weighted by Gasteiger charge is -2.32. The maximum absolute atomic E-state index is 14.0. The number of amides is 1. The zero-order chi connectivity index (χ0) is 23.5. The number of nitrogens with one attached hydrogen (secondary N) is 1. The van der Waals surface area contributed by atoms with Crippen molar-refractivity contribution in [1.29, 1.82) is 0 Å². The Bertz CT molecular complexity index is 1190. The summed E-state index contributed by atoms with van der Waals surface area (Å²) in [5.41, 5.74) is 2.98. The van der Waals surface area contributed by atoms with E-state index in [2.05, 4.69) is 24.1 Å². The van der Waals surface area contributed by atoms with Gasteiger partial charge in [0.15, 0.2) is 6.10 Å². The third kappa shape index (κ3) is 4.73. The minimum Gasteiger partial charge on any atom is -0.449 e. The normalized spacial score (nSPS) is 14.7. The number of benzene rings is 2. The SMILES string of the molecule is CCC(OC(=O)c1c2c(nc3ccccc13)CCN(C(C)C)C2)C(=O)Nc1ccccc1F. The van der Waals surface area contributed by atoms with Crippen LogP contribution in [0.5, 0.6) is 0 Å². The molecule has 0 saturated carbocycles. The average Bonchev–Trinajstić information content (AvgIpc) is 2.81. The number of hydrogen-bond acceptors (Lipinski definition) is 5. The summed E-state index contributed by atoms with van der Waals surface area (Å²) in [6.07, 6.45) is -0.0524. The molecule has 1 unspecified atom stereocenters. The molecule has 172 valence electrons. The molecule has 1 N–H and O–H groups in total. The van der Waals surface area contributed by atoms with Gasteiger partial charge >= 0.3 is 5.97 Å². The van der Waals surface area contributed by atoms with Crippen LogP contribution in [0.15, 0.2) is 48.5 Å². The lowest BCUT2D eigenvalue weighted by Crippen LogP contribution is -2.38. The van der Waals surface area contributed by atoms with Gasteiger partial charge in [0.1, 0.15) is 5.82 Å². The summed E-state index contributed by atoms with van der Waals surface area (Å²) < 4.78 is 19.7. The van der Waals surface area contributed by atoms with Gasteiger partial charge in [-0.2, -0.15) is 0 Å². The second-order valence-corrected chi connectivity index (χ2v) is 8.51. The number of aromatic nitrogens is 1. The highest BCUT2D eigenvalue weighted by molar-refractivity contribution is 6.06. The van der Waals surface area contributed by atoms with E-state index in [4.69, 9.17) is 9.72 Å². The average molecular weight is 450 g/mol. The molecule has 0 spiro atoms. The number of hydrogen-bond donors (Lipinski definition) is 1. The van der Waals surface area contributed by atoms with Gasteiger partial charge in [-0.1, -0.05) is 37.3 Å². The van der Waals surface area contributed by atoms with E-state index in [1.165, 1.54) is 12.1 Å². The molecule has 0 radical (unpaired) electrons. The molecule has 0 saturated heterocycles. The summed E-state index contributed by atoms with van der Waals surface area (Å²) in [5.74, 6) is -1.67. The largest absolute Gasteiger partial charge is 0.449 e. The lowest BCUT2D eigenvalue weighted by atomic mass is 9.95. The molecule has 1 aromatic heterocycles. The summed E-state index contributed by atoms with van der Waals surface area (Å²) in [6.45, 7) is 7.45. The molecule has 2 heterocycles. The van der Waals surface area contributed by atoms with Gasteiger partial charge in [-0.05, 0) is 38.5 Å². The molecule has 7 heteroatoms. The predicted molar refractivity (Wildman–Crippen MR) is 126 cm³/mol. The van der Waals surface area contributed by atoms with Crippen molar-refractivity contribution in [3.63, 3.8) is 0 Å². The summed E-state index contributed by atoms with van der Waals surface area (Å²) in [6, 6.07) is 13.7. The fourth-order valence-corrected chi connectivity index (χ4v) is 4.17. The summed E-state index contributed by atoms with van der Waals surface area (Å²) in [4.78, 5) is 33.3. The molecule has 0 aliphatic carbocycles. The molecule has 2 aromatic carbocycles. The molecular formula is C26H28FN3O3. The van der Waals surface area contributed by atoms with Crippen molar-refractivity contribution in [2.24, 2.45) is 0 Å². The van der Waals surface area contributed by atoms with Crippen LogP contribution in [-0.4, -0.2) is 40.5 Å². The van der Waals surface area contributed by atoms with Crippen molar-refractivity contribution in [2.75, 3.05) is 11.9 Å². The van der Waals surface area contributed by atoms with Crippen LogP contribution in [-0.2, 0) is 22.5 Å². The molecule has 1 aliphatic heterocycles. The van der Waals surface area contributed by atoms with Crippen LogP contribution < -0.4 is 5.32 Å². The molecule has 0 bridgehead atoms. The number of esters is 1.